The molecule has 0 spiro atoms. The number of hydrogen-bond acceptors (Lipinski definition) is 2. The second-order valence-corrected chi connectivity index (χ2v) is 6.95. The van der Waals surface area contributed by atoms with Crippen LogP contribution in [0, 0.1) is 11.3 Å². The number of amides is 1. The Bertz CT molecular complexity index is 293. The van der Waals surface area contributed by atoms with E-state index >= 15 is 0 Å². The molecule has 1 aliphatic carbocycles. The average Bonchev–Trinajstić information content (AvgIpc) is 2.50. The van der Waals surface area contributed by atoms with Crippen molar-refractivity contribution in [1.82, 2.24) is 4.90 Å². The lowest BCUT2D eigenvalue weighted by Gasteiger charge is -2.30. The largest absolute Gasteiger partial charge is 0.342 e. The first-order chi connectivity index (χ1) is 8.48. The highest BCUT2D eigenvalue weighted by molar-refractivity contribution is 5.79. The van der Waals surface area contributed by atoms with Gasteiger partial charge in [0.25, 0.3) is 0 Å². The first-order valence-electron chi connectivity index (χ1n) is 7.52. The first kappa shape index (κ1) is 13.9. The highest BCUT2D eigenvalue weighted by Gasteiger charge is 2.31. The predicted molar refractivity (Wildman–Crippen MR) is 74.1 cm³/mol. The molecule has 0 aromatic heterocycles. The molecule has 0 aromatic rings. The maximum Gasteiger partial charge on any atom is 0.225 e. The molecule has 2 rings (SSSR count). The summed E-state index contributed by atoms with van der Waals surface area (Å²) in [5.74, 6) is 0.658. The summed E-state index contributed by atoms with van der Waals surface area (Å²) in [4.78, 5) is 14.6. The van der Waals surface area contributed by atoms with Crippen LogP contribution in [0.5, 0.6) is 0 Å². The zero-order chi connectivity index (χ0) is 13.2. The molecule has 104 valence electrons. The van der Waals surface area contributed by atoms with Crippen LogP contribution in [0.4, 0.5) is 0 Å². The van der Waals surface area contributed by atoms with Gasteiger partial charge in [-0.15, -0.1) is 0 Å². The lowest BCUT2D eigenvalue weighted by molar-refractivity contribution is -0.136. The summed E-state index contributed by atoms with van der Waals surface area (Å²) in [7, 11) is 0. The van der Waals surface area contributed by atoms with Crippen molar-refractivity contribution in [3.8, 4) is 0 Å². The van der Waals surface area contributed by atoms with Crippen LogP contribution in [0.3, 0.4) is 0 Å². The van der Waals surface area contributed by atoms with Crippen molar-refractivity contribution in [2.24, 2.45) is 17.1 Å². The molecule has 2 aliphatic rings. The van der Waals surface area contributed by atoms with E-state index in [2.05, 4.69) is 18.7 Å². The van der Waals surface area contributed by atoms with Crippen LogP contribution in [0.15, 0.2) is 0 Å². The van der Waals surface area contributed by atoms with E-state index in [0.29, 0.717) is 17.4 Å². The first-order valence-corrected chi connectivity index (χ1v) is 7.52. The van der Waals surface area contributed by atoms with Gasteiger partial charge < -0.3 is 10.6 Å². The number of carbonyl (C=O) groups excluding carboxylic acids is 1. The molecule has 3 heteroatoms. The van der Waals surface area contributed by atoms with E-state index in [-0.39, 0.29) is 5.92 Å². The number of rotatable bonds is 1. The molecule has 0 atom stereocenters. The molecule has 0 unspecified atom stereocenters. The van der Waals surface area contributed by atoms with Crippen molar-refractivity contribution in [1.29, 1.82) is 0 Å². The zero-order valence-electron chi connectivity index (χ0n) is 12.0. The average molecular weight is 252 g/mol. The van der Waals surface area contributed by atoms with Crippen LogP contribution in [0.25, 0.3) is 0 Å². The van der Waals surface area contributed by atoms with Gasteiger partial charge in [0.15, 0.2) is 0 Å². The Morgan fingerprint density at radius 2 is 1.78 bits per heavy atom. The third-order valence-corrected chi connectivity index (χ3v) is 4.77. The molecule has 0 aromatic carbocycles. The molecule has 1 saturated carbocycles. The Labute approximate surface area is 111 Å². The predicted octanol–water partition coefficient (Wildman–Crippen LogP) is 2.54. The summed E-state index contributed by atoms with van der Waals surface area (Å²) in [6.45, 7) is 6.56. The summed E-state index contributed by atoms with van der Waals surface area (Å²) in [5.41, 5.74) is 6.32. The van der Waals surface area contributed by atoms with Crippen molar-refractivity contribution >= 4 is 5.91 Å². The fourth-order valence-corrected chi connectivity index (χ4v) is 3.27. The van der Waals surface area contributed by atoms with Gasteiger partial charge in [0.1, 0.15) is 0 Å². The molecule has 2 N–H and O–H groups in total. The van der Waals surface area contributed by atoms with Crippen molar-refractivity contribution < 1.29 is 4.79 Å². The van der Waals surface area contributed by atoms with E-state index in [1.807, 2.05) is 0 Å². The van der Waals surface area contributed by atoms with E-state index in [4.69, 9.17) is 5.73 Å². The summed E-state index contributed by atoms with van der Waals surface area (Å²) in [6.07, 6.45) is 7.59. The summed E-state index contributed by atoms with van der Waals surface area (Å²) in [5, 5.41) is 0. The van der Waals surface area contributed by atoms with E-state index < -0.39 is 0 Å². The maximum absolute atomic E-state index is 12.5. The van der Waals surface area contributed by atoms with Gasteiger partial charge in [-0.25, -0.2) is 0 Å². The van der Waals surface area contributed by atoms with Crippen LogP contribution in [0.1, 0.15) is 58.8 Å². The molecule has 1 aliphatic heterocycles. The van der Waals surface area contributed by atoms with Crippen molar-refractivity contribution in [2.75, 3.05) is 13.1 Å². The number of nitrogens with zero attached hydrogens (tertiary/aromatic N) is 1. The molecule has 1 amide bonds. The molecule has 1 saturated heterocycles. The van der Waals surface area contributed by atoms with Crippen LogP contribution in [-0.4, -0.2) is 29.9 Å². The molecule has 1 heterocycles. The second-order valence-electron chi connectivity index (χ2n) is 6.95. The molecule has 2 fully saturated rings. The minimum absolute atomic E-state index is 0.256. The van der Waals surface area contributed by atoms with E-state index in [1.165, 1.54) is 6.42 Å². The van der Waals surface area contributed by atoms with Crippen molar-refractivity contribution in [3.05, 3.63) is 0 Å². The Hall–Kier alpha value is -0.570. The highest BCUT2D eigenvalue weighted by atomic mass is 16.2. The quantitative estimate of drug-likeness (QED) is 0.779. The number of nitrogens with two attached hydrogens (primary N) is 1. The smallest absolute Gasteiger partial charge is 0.225 e. The fourth-order valence-electron chi connectivity index (χ4n) is 3.27. The fraction of sp³-hybridized carbons (Fsp3) is 0.933. The Morgan fingerprint density at radius 3 is 2.44 bits per heavy atom. The number of likely N-dealkylation sites (tertiary alicyclic amines) is 1. The SMILES string of the molecule is CC1(C)CCCN(C(=O)C2CCC(N)CC2)CC1. The number of carbonyl (C=O) groups is 1. The van der Waals surface area contributed by atoms with Crippen molar-refractivity contribution in [2.45, 2.75) is 64.8 Å². The molecule has 3 nitrogen and oxygen atoms in total. The van der Waals surface area contributed by atoms with Gasteiger partial charge >= 0.3 is 0 Å². The normalized spacial score (nSPS) is 32.9. The van der Waals surface area contributed by atoms with Crippen LogP contribution >= 0.6 is 0 Å². The van der Waals surface area contributed by atoms with Gasteiger partial charge in [0.05, 0.1) is 0 Å². The van der Waals surface area contributed by atoms with Crippen LogP contribution < -0.4 is 5.73 Å². The lowest BCUT2D eigenvalue weighted by Crippen LogP contribution is -2.40. The third-order valence-electron chi connectivity index (χ3n) is 4.77. The van der Waals surface area contributed by atoms with Crippen LogP contribution in [-0.2, 0) is 4.79 Å². The van der Waals surface area contributed by atoms with Gasteiger partial charge in [-0.1, -0.05) is 13.8 Å². The highest BCUT2D eigenvalue weighted by Crippen LogP contribution is 2.31. The van der Waals surface area contributed by atoms with Gasteiger partial charge in [-0.05, 0) is 50.4 Å². The molecule has 18 heavy (non-hydrogen) atoms. The standard InChI is InChI=1S/C15H28N2O/c1-15(2)8-3-10-17(11-9-15)14(18)12-4-6-13(16)7-5-12/h12-13H,3-11,16H2,1-2H3. The second kappa shape index (κ2) is 5.60. The van der Waals surface area contributed by atoms with Gasteiger partial charge in [0.2, 0.25) is 5.91 Å². The van der Waals surface area contributed by atoms with Gasteiger partial charge in [-0.3, -0.25) is 4.79 Å². The van der Waals surface area contributed by atoms with E-state index in [9.17, 15) is 4.79 Å². The summed E-state index contributed by atoms with van der Waals surface area (Å²) < 4.78 is 0. The summed E-state index contributed by atoms with van der Waals surface area (Å²) >= 11 is 0. The Kier molecular flexibility index (Phi) is 4.31. The topological polar surface area (TPSA) is 46.3 Å². The monoisotopic (exact) mass is 252 g/mol. The van der Waals surface area contributed by atoms with Gasteiger partial charge in [-0.2, -0.15) is 0 Å². The zero-order valence-corrected chi connectivity index (χ0v) is 12.0. The van der Waals surface area contributed by atoms with E-state index in [1.54, 1.807) is 0 Å². The molecule has 0 bridgehead atoms. The third kappa shape index (κ3) is 3.47. The van der Waals surface area contributed by atoms with E-state index in [0.717, 1.165) is 51.6 Å². The molecular weight excluding hydrogens is 224 g/mol. The van der Waals surface area contributed by atoms with Crippen LogP contribution in [0.2, 0.25) is 0 Å². The number of hydrogen-bond donors (Lipinski definition) is 1. The van der Waals surface area contributed by atoms with Crippen molar-refractivity contribution in [3.63, 3.8) is 0 Å². The molecular formula is C15H28N2O. The Morgan fingerprint density at radius 1 is 1.11 bits per heavy atom. The minimum Gasteiger partial charge on any atom is -0.342 e. The molecule has 0 radical (unpaired) electrons. The summed E-state index contributed by atoms with van der Waals surface area (Å²) in [6, 6.07) is 0.331. The minimum atomic E-state index is 0.256. The lowest BCUT2D eigenvalue weighted by atomic mass is 9.85. The van der Waals surface area contributed by atoms with Gasteiger partial charge in [0, 0.05) is 25.0 Å². The maximum atomic E-state index is 12.5. The Balaban J connectivity index is 1.89.